The molecule has 1 amide bonds. The number of nitro benzene ring substituents is 1. The summed E-state index contributed by atoms with van der Waals surface area (Å²) >= 11 is 3.19. The van der Waals surface area contributed by atoms with Gasteiger partial charge in [0.15, 0.2) is 0 Å². The molecule has 1 saturated heterocycles. The normalized spacial score (nSPS) is 14.8. The Bertz CT molecular complexity index is 517. The predicted molar refractivity (Wildman–Crippen MR) is 76.3 cm³/mol. The third-order valence-electron chi connectivity index (χ3n) is 3.03. The average Bonchev–Trinajstić information content (AvgIpc) is 2.46. The van der Waals surface area contributed by atoms with Gasteiger partial charge in [0.05, 0.1) is 15.1 Å². The Morgan fingerprint density at radius 2 is 2.05 bits per heavy atom. The molecule has 0 spiro atoms. The number of carbonyl (C=O) groups excluding carboxylic acids is 1. The fourth-order valence-corrected chi connectivity index (χ4v) is 2.39. The van der Waals surface area contributed by atoms with Crippen molar-refractivity contribution in [2.75, 3.05) is 18.6 Å². The fourth-order valence-electron chi connectivity index (χ4n) is 1.94. The van der Waals surface area contributed by atoms with Gasteiger partial charge < -0.3 is 9.74 Å². The van der Waals surface area contributed by atoms with Crippen molar-refractivity contribution in [2.45, 2.75) is 19.3 Å². The van der Waals surface area contributed by atoms with Crippen LogP contribution in [0.15, 0.2) is 22.7 Å². The lowest BCUT2D eigenvalue weighted by molar-refractivity contribution is -0.384. The van der Waals surface area contributed by atoms with Gasteiger partial charge in [0.2, 0.25) is 0 Å². The van der Waals surface area contributed by atoms with Gasteiger partial charge in [-0.15, -0.1) is 0 Å². The number of benzene rings is 1. The molecule has 1 aromatic carbocycles. The SMILES string of the molecule is O=C(ONc1ccc([N+](=O)[O-])cc1Br)N1CCCCC1. The molecule has 1 heterocycles. The lowest BCUT2D eigenvalue weighted by atomic mass is 10.1. The molecule has 1 fully saturated rings. The molecule has 0 unspecified atom stereocenters. The summed E-state index contributed by atoms with van der Waals surface area (Å²) in [7, 11) is 0. The molecule has 0 bridgehead atoms. The molecular formula is C12H14BrN3O4. The van der Waals surface area contributed by atoms with Crippen molar-refractivity contribution in [1.82, 2.24) is 4.90 Å². The van der Waals surface area contributed by atoms with Gasteiger partial charge in [-0.25, -0.2) is 10.3 Å². The molecule has 1 aromatic rings. The van der Waals surface area contributed by atoms with Crippen LogP contribution in [0, 0.1) is 10.1 Å². The van der Waals surface area contributed by atoms with E-state index in [4.69, 9.17) is 4.84 Å². The second-order valence-corrected chi connectivity index (χ2v) is 5.29. The van der Waals surface area contributed by atoms with Crippen molar-refractivity contribution >= 4 is 33.4 Å². The standard InChI is InChI=1S/C12H14BrN3O4/c13-10-8-9(16(18)19)4-5-11(10)14-20-12(17)15-6-2-1-3-7-15/h4-5,8,14H,1-3,6-7H2. The highest BCUT2D eigenvalue weighted by Crippen LogP contribution is 2.27. The molecule has 108 valence electrons. The first-order valence-corrected chi connectivity index (χ1v) is 7.03. The number of nitro groups is 1. The average molecular weight is 344 g/mol. The molecule has 7 nitrogen and oxygen atoms in total. The molecule has 8 heteroatoms. The van der Waals surface area contributed by atoms with Gasteiger partial charge in [-0.1, -0.05) is 0 Å². The van der Waals surface area contributed by atoms with Gasteiger partial charge in [-0.3, -0.25) is 10.1 Å². The van der Waals surface area contributed by atoms with E-state index in [0.29, 0.717) is 23.2 Å². The maximum Gasteiger partial charge on any atom is 0.434 e. The van der Waals surface area contributed by atoms with Crippen LogP contribution in [-0.4, -0.2) is 29.0 Å². The summed E-state index contributed by atoms with van der Waals surface area (Å²) in [6, 6.07) is 4.16. The van der Waals surface area contributed by atoms with Crippen LogP contribution in [0.5, 0.6) is 0 Å². The maximum atomic E-state index is 11.8. The van der Waals surface area contributed by atoms with Gasteiger partial charge in [-0.05, 0) is 41.3 Å². The molecule has 0 aromatic heterocycles. The van der Waals surface area contributed by atoms with Gasteiger partial charge >= 0.3 is 6.09 Å². The Labute approximate surface area is 124 Å². The molecule has 0 aliphatic carbocycles. The largest absolute Gasteiger partial charge is 0.434 e. The van der Waals surface area contributed by atoms with E-state index in [0.717, 1.165) is 19.3 Å². The van der Waals surface area contributed by atoms with E-state index < -0.39 is 11.0 Å². The summed E-state index contributed by atoms with van der Waals surface area (Å²) in [5, 5.41) is 10.6. The number of rotatable bonds is 3. The zero-order chi connectivity index (χ0) is 14.5. The minimum atomic E-state index is -0.492. The number of carbonyl (C=O) groups is 1. The van der Waals surface area contributed by atoms with E-state index >= 15 is 0 Å². The number of anilines is 1. The third kappa shape index (κ3) is 3.60. The summed E-state index contributed by atoms with van der Waals surface area (Å²) in [5.74, 6) is 0. The fraction of sp³-hybridized carbons (Fsp3) is 0.417. The first-order valence-electron chi connectivity index (χ1n) is 6.23. The highest BCUT2D eigenvalue weighted by atomic mass is 79.9. The summed E-state index contributed by atoms with van der Waals surface area (Å²) in [6.07, 6.45) is 2.66. The van der Waals surface area contributed by atoms with Crippen LogP contribution in [0.25, 0.3) is 0 Å². The Kier molecular flexibility index (Phi) is 4.78. The smallest absolute Gasteiger partial charge is 0.324 e. The zero-order valence-electron chi connectivity index (χ0n) is 10.7. The summed E-state index contributed by atoms with van der Waals surface area (Å²) in [4.78, 5) is 28.5. The van der Waals surface area contributed by atoms with E-state index in [9.17, 15) is 14.9 Å². The Balaban J connectivity index is 1.93. The van der Waals surface area contributed by atoms with E-state index in [1.165, 1.54) is 18.2 Å². The molecule has 1 aliphatic heterocycles. The quantitative estimate of drug-likeness (QED) is 0.672. The predicted octanol–water partition coefficient (Wildman–Crippen LogP) is 3.31. The molecule has 0 radical (unpaired) electrons. The van der Waals surface area contributed by atoms with E-state index in [1.807, 2.05) is 0 Å². The topological polar surface area (TPSA) is 84.7 Å². The minimum Gasteiger partial charge on any atom is -0.324 e. The number of likely N-dealkylation sites (tertiary alicyclic amines) is 1. The molecule has 0 atom stereocenters. The molecule has 1 aliphatic rings. The Morgan fingerprint density at radius 1 is 1.35 bits per heavy atom. The monoisotopic (exact) mass is 343 g/mol. The number of nitrogens with one attached hydrogen (secondary N) is 1. The second-order valence-electron chi connectivity index (χ2n) is 4.44. The number of piperidine rings is 1. The number of hydrogen-bond acceptors (Lipinski definition) is 5. The highest BCUT2D eigenvalue weighted by molar-refractivity contribution is 9.10. The van der Waals surface area contributed by atoms with Crippen LogP contribution in [0.3, 0.4) is 0 Å². The molecule has 20 heavy (non-hydrogen) atoms. The number of non-ortho nitro benzene ring substituents is 1. The highest BCUT2D eigenvalue weighted by Gasteiger charge is 2.18. The van der Waals surface area contributed by atoms with E-state index in [2.05, 4.69) is 21.4 Å². The van der Waals surface area contributed by atoms with Crippen LogP contribution in [0.2, 0.25) is 0 Å². The first kappa shape index (κ1) is 14.6. The number of hydrogen-bond donors (Lipinski definition) is 1. The van der Waals surface area contributed by atoms with Crippen molar-refractivity contribution < 1.29 is 14.6 Å². The molecule has 0 saturated carbocycles. The third-order valence-corrected chi connectivity index (χ3v) is 3.68. The van der Waals surface area contributed by atoms with Crippen molar-refractivity contribution in [2.24, 2.45) is 0 Å². The van der Waals surface area contributed by atoms with Crippen molar-refractivity contribution in [3.05, 3.63) is 32.8 Å². The van der Waals surface area contributed by atoms with E-state index in [-0.39, 0.29) is 5.69 Å². The van der Waals surface area contributed by atoms with Crippen molar-refractivity contribution in [3.63, 3.8) is 0 Å². The Hall–Kier alpha value is -1.83. The van der Waals surface area contributed by atoms with Gasteiger partial charge in [-0.2, -0.15) is 0 Å². The van der Waals surface area contributed by atoms with E-state index in [1.54, 1.807) is 4.90 Å². The number of amides is 1. The summed E-state index contributed by atoms with van der Waals surface area (Å²) in [6.45, 7) is 1.39. The summed E-state index contributed by atoms with van der Waals surface area (Å²) in [5.41, 5.74) is 2.94. The van der Waals surface area contributed by atoms with Crippen LogP contribution >= 0.6 is 15.9 Å². The van der Waals surface area contributed by atoms with Crippen LogP contribution in [0.1, 0.15) is 19.3 Å². The number of nitrogens with zero attached hydrogens (tertiary/aromatic N) is 2. The molecular weight excluding hydrogens is 330 g/mol. The van der Waals surface area contributed by atoms with Crippen molar-refractivity contribution in [1.29, 1.82) is 0 Å². The van der Waals surface area contributed by atoms with Gasteiger partial charge in [0.25, 0.3) is 5.69 Å². The van der Waals surface area contributed by atoms with Gasteiger partial charge in [0.1, 0.15) is 0 Å². The Morgan fingerprint density at radius 3 is 2.65 bits per heavy atom. The maximum absolute atomic E-state index is 11.8. The lowest BCUT2D eigenvalue weighted by Crippen LogP contribution is -2.37. The molecule has 1 N–H and O–H groups in total. The van der Waals surface area contributed by atoms with Crippen LogP contribution in [-0.2, 0) is 4.84 Å². The number of halogens is 1. The zero-order valence-corrected chi connectivity index (χ0v) is 12.3. The van der Waals surface area contributed by atoms with Gasteiger partial charge in [0, 0.05) is 25.2 Å². The van der Waals surface area contributed by atoms with Crippen LogP contribution < -0.4 is 5.48 Å². The first-order chi connectivity index (χ1) is 9.58. The minimum absolute atomic E-state index is 0.0372. The lowest BCUT2D eigenvalue weighted by Gasteiger charge is -2.25. The second kappa shape index (κ2) is 6.56. The summed E-state index contributed by atoms with van der Waals surface area (Å²) < 4.78 is 0.457. The molecule has 2 rings (SSSR count). The van der Waals surface area contributed by atoms with Crippen LogP contribution in [0.4, 0.5) is 16.2 Å². The van der Waals surface area contributed by atoms with Crippen molar-refractivity contribution in [3.8, 4) is 0 Å².